The van der Waals surface area contributed by atoms with Crippen molar-refractivity contribution in [3.05, 3.63) is 77.5 Å². The van der Waals surface area contributed by atoms with E-state index in [1.807, 2.05) is 63.5 Å². The molecule has 67 heavy (non-hydrogen) atoms. The van der Waals surface area contributed by atoms with Crippen LogP contribution in [0.3, 0.4) is 0 Å². The van der Waals surface area contributed by atoms with Gasteiger partial charge >= 0.3 is 12.2 Å². The molecule has 2 aliphatic heterocycles. The Balaban J connectivity index is 0.000000248. The lowest BCUT2D eigenvalue weighted by atomic mass is 10.1. The summed E-state index contributed by atoms with van der Waals surface area (Å²) in [5.41, 5.74) is 5.65. The molecule has 23 heteroatoms. The Hall–Kier alpha value is -6.49. The minimum atomic E-state index is -3.30. The van der Waals surface area contributed by atoms with E-state index in [9.17, 15) is 31.7 Å². The topological polar surface area (TPSA) is 289 Å². The van der Waals surface area contributed by atoms with Crippen molar-refractivity contribution in [2.24, 2.45) is 0 Å². The predicted molar refractivity (Wildman–Crippen MR) is 255 cm³/mol. The summed E-state index contributed by atoms with van der Waals surface area (Å²) in [5, 5.41) is 27.2. The van der Waals surface area contributed by atoms with Gasteiger partial charge in [-0.25, -0.2) is 46.4 Å². The molecule has 360 valence electrons. The van der Waals surface area contributed by atoms with Crippen LogP contribution in [-0.4, -0.2) is 111 Å². The number of nitrogens with zero attached hydrogens (tertiary/aromatic N) is 8. The van der Waals surface area contributed by atoms with Crippen LogP contribution in [0.25, 0.3) is 0 Å². The lowest BCUT2D eigenvalue weighted by Gasteiger charge is -2.34. The van der Waals surface area contributed by atoms with Crippen molar-refractivity contribution in [1.82, 2.24) is 30.6 Å². The van der Waals surface area contributed by atoms with Crippen LogP contribution in [0.15, 0.2) is 70.7 Å². The summed E-state index contributed by atoms with van der Waals surface area (Å²) >= 11 is 5.93. The average Bonchev–Trinajstić information content (AvgIpc) is 3.22. The number of nitrogens with one attached hydrogen (secondary N) is 3. The molecule has 0 aliphatic carbocycles. The summed E-state index contributed by atoms with van der Waals surface area (Å²) in [5.74, 6) is 1.44. The fourth-order valence-corrected chi connectivity index (χ4v) is 7.92. The van der Waals surface area contributed by atoms with Crippen LogP contribution >= 0.6 is 11.6 Å². The number of ether oxygens (including phenoxy) is 2. The summed E-state index contributed by atoms with van der Waals surface area (Å²) in [6, 6.07) is 16.1. The minimum Gasteiger partial charge on any atom is -0.444 e. The smallest absolute Gasteiger partial charge is 0.407 e. The van der Waals surface area contributed by atoms with Gasteiger partial charge in [-0.3, -0.25) is 0 Å². The number of nitrogen functional groups attached to an aromatic ring is 1. The molecule has 2 aromatic heterocycles. The van der Waals surface area contributed by atoms with E-state index in [2.05, 4.69) is 35.9 Å². The SMILES string of the molecule is CC(C)(C)OC(=O)NC1CCCN(c2cnc(C#N)c(Cl)n2)C1.CC(C)(C)OC(=O)NC1CCCN(c2cnc(C#N)c(Nc3ccc(S(C)(=O)=O)cc3)n2)C1.CS(=O)(=O)c1ccc(N)cc1. The van der Waals surface area contributed by atoms with E-state index in [-0.39, 0.29) is 39.3 Å². The first kappa shape index (κ1) is 53.1. The molecular weight excluding hydrogens is 924 g/mol. The summed E-state index contributed by atoms with van der Waals surface area (Å²) in [4.78, 5) is 45.5. The Morgan fingerprint density at radius 2 is 1.13 bits per heavy atom. The molecule has 0 bridgehead atoms. The second-order valence-electron chi connectivity index (χ2n) is 17.6. The van der Waals surface area contributed by atoms with E-state index in [0.29, 0.717) is 41.0 Å². The number of hydrogen-bond donors (Lipinski definition) is 4. The highest BCUT2D eigenvalue weighted by Crippen LogP contribution is 2.25. The lowest BCUT2D eigenvalue weighted by molar-refractivity contribution is 0.0488. The van der Waals surface area contributed by atoms with Gasteiger partial charge < -0.3 is 41.0 Å². The number of benzene rings is 2. The first-order chi connectivity index (χ1) is 31.2. The number of anilines is 5. The zero-order valence-electron chi connectivity index (χ0n) is 38.7. The predicted octanol–water partition coefficient (Wildman–Crippen LogP) is 6.16. The number of sulfone groups is 2. The molecule has 4 aromatic rings. The van der Waals surface area contributed by atoms with E-state index in [4.69, 9.17) is 32.1 Å². The van der Waals surface area contributed by atoms with E-state index in [0.717, 1.165) is 45.0 Å². The Kier molecular flexibility index (Phi) is 18.1. The largest absolute Gasteiger partial charge is 0.444 e. The number of alkyl carbamates (subject to hydrolysis) is 2. The Labute approximate surface area is 397 Å². The maximum Gasteiger partial charge on any atom is 0.407 e. The van der Waals surface area contributed by atoms with E-state index in [1.54, 1.807) is 24.3 Å². The Morgan fingerprint density at radius 1 is 0.716 bits per heavy atom. The molecule has 5 N–H and O–H groups in total. The molecule has 2 saturated heterocycles. The number of carbonyl (C=O) groups is 2. The number of hydrogen-bond acceptors (Lipinski definition) is 18. The van der Waals surface area contributed by atoms with Crippen LogP contribution in [0.4, 0.5) is 38.4 Å². The maximum atomic E-state index is 12.1. The molecule has 2 amide bonds. The maximum absolute atomic E-state index is 12.1. The monoisotopic (exact) mass is 980 g/mol. The van der Waals surface area contributed by atoms with Crippen molar-refractivity contribution in [3.63, 3.8) is 0 Å². The van der Waals surface area contributed by atoms with Crippen LogP contribution in [0.5, 0.6) is 0 Å². The van der Waals surface area contributed by atoms with Crippen molar-refractivity contribution in [2.45, 2.75) is 100 Å². The van der Waals surface area contributed by atoms with Crippen LogP contribution in [-0.2, 0) is 29.1 Å². The molecule has 2 fully saturated rings. The number of carbonyl (C=O) groups excluding carboxylic acids is 2. The van der Waals surface area contributed by atoms with Crippen molar-refractivity contribution in [2.75, 3.05) is 59.5 Å². The van der Waals surface area contributed by atoms with E-state index < -0.39 is 43.1 Å². The number of nitrogens with two attached hydrogens (primary N) is 1. The molecule has 0 spiro atoms. The third-order valence-corrected chi connectivity index (χ3v) is 12.0. The second kappa shape index (κ2) is 22.8. The number of piperidine rings is 2. The summed E-state index contributed by atoms with van der Waals surface area (Å²) < 4.78 is 55.7. The van der Waals surface area contributed by atoms with Gasteiger partial charge in [0.05, 0.1) is 22.2 Å². The second-order valence-corrected chi connectivity index (χ2v) is 22.0. The van der Waals surface area contributed by atoms with Gasteiger partial charge in [-0.15, -0.1) is 0 Å². The Bertz CT molecular complexity index is 2670. The molecule has 4 heterocycles. The zero-order chi connectivity index (χ0) is 49.7. The number of nitriles is 2. The normalized spacial score (nSPS) is 16.3. The molecule has 2 aromatic carbocycles. The van der Waals surface area contributed by atoms with E-state index in [1.165, 1.54) is 42.9 Å². The fraction of sp³-hybridized carbons (Fsp3) is 0.455. The van der Waals surface area contributed by atoms with Crippen molar-refractivity contribution < 1.29 is 35.9 Å². The highest BCUT2D eigenvalue weighted by molar-refractivity contribution is 7.91. The fourth-order valence-electron chi connectivity index (χ4n) is 6.48. The molecule has 2 unspecified atom stereocenters. The zero-order valence-corrected chi connectivity index (χ0v) is 41.1. The highest BCUT2D eigenvalue weighted by atomic mass is 35.5. The van der Waals surface area contributed by atoms with Gasteiger partial charge in [-0.1, -0.05) is 11.6 Å². The van der Waals surface area contributed by atoms with Crippen LogP contribution in [0.2, 0.25) is 5.15 Å². The number of aromatic nitrogens is 4. The van der Waals surface area contributed by atoms with Crippen LogP contribution < -0.4 is 31.5 Å². The van der Waals surface area contributed by atoms with Crippen LogP contribution in [0, 0.1) is 22.7 Å². The lowest BCUT2D eigenvalue weighted by Crippen LogP contribution is -2.49. The van der Waals surface area contributed by atoms with Gasteiger partial charge in [0, 0.05) is 62.1 Å². The third kappa shape index (κ3) is 17.7. The summed E-state index contributed by atoms with van der Waals surface area (Å²) in [7, 11) is -6.38. The van der Waals surface area contributed by atoms with Gasteiger partial charge in [0.25, 0.3) is 0 Å². The van der Waals surface area contributed by atoms with Crippen LogP contribution in [0.1, 0.15) is 78.6 Å². The number of rotatable bonds is 8. The quantitative estimate of drug-likeness (QED) is 0.144. The number of amides is 2. The summed E-state index contributed by atoms with van der Waals surface area (Å²) in [6.07, 6.45) is 7.92. The van der Waals surface area contributed by atoms with Gasteiger partial charge in [0.15, 0.2) is 42.0 Å². The molecule has 20 nitrogen and oxygen atoms in total. The first-order valence-corrected chi connectivity index (χ1v) is 25.2. The third-order valence-electron chi connectivity index (χ3n) is 9.47. The minimum absolute atomic E-state index is 0.0326. The summed E-state index contributed by atoms with van der Waals surface area (Å²) in [6.45, 7) is 13.6. The average molecular weight is 982 g/mol. The Morgan fingerprint density at radius 3 is 1.54 bits per heavy atom. The first-order valence-electron chi connectivity index (χ1n) is 21.0. The molecule has 2 atom stereocenters. The van der Waals surface area contributed by atoms with Gasteiger partial charge in [-0.2, -0.15) is 10.5 Å². The van der Waals surface area contributed by atoms with Crippen molar-refractivity contribution in [3.8, 4) is 12.1 Å². The highest BCUT2D eigenvalue weighted by Gasteiger charge is 2.27. The van der Waals surface area contributed by atoms with Gasteiger partial charge in [0.2, 0.25) is 0 Å². The molecule has 0 radical (unpaired) electrons. The molecule has 0 saturated carbocycles. The van der Waals surface area contributed by atoms with Crippen molar-refractivity contribution >= 4 is 72.3 Å². The van der Waals surface area contributed by atoms with Crippen molar-refractivity contribution in [1.29, 1.82) is 10.5 Å². The molecule has 2 aliphatic rings. The molecular formula is C44H57ClN12O8S2. The molecule has 6 rings (SSSR count). The number of halogens is 1. The van der Waals surface area contributed by atoms with Gasteiger partial charge in [-0.05, 0) is 116 Å². The standard InChI is InChI=1S/C22H28N6O4S.C15H20ClN5O2.C7H9NO2S/c1-22(2,3)32-21(29)26-16-6-5-11-28(14-16)19-13-24-18(12-23)20(27-19)25-15-7-9-17(10-8-15)33(4,30)31;1-15(2,3)23-14(22)19-10-5-4-6-21(9-10)12-8-18-11(7-17)13(16)20-12;1-11(9,10)7-4-2-6(8)3-5-7/h7-10,13,16H,5-6,11,14H2,1-4H3,(H,25,27)(H,26,29);8,10H,4-6,9H2,1-3H3,(H,19,22);2-5H,8H2,1H3. The van der Waals surface area contributed by atoms with Gasteiger partial charge in [0.1, 0.15) is 35.0 Å². The van der Waals surface area contributed by atoms with E-state index >= 15 is 0 Å².